The molecule has 106 valence electrons. The second-order valence-corrected chi connectivity index (χ2v) is 4.23. The van der Waals surface area contributed by atoms with E-state index >= 15 is 0 Å². The Morgan fingerprint density at radius 2 is 2.30 bits per heavy atom. The summed E-state index contributed by atoms with van der Waals surface area (Å²) in [5.41, 5.74) is 6.75. The first-order valence-electron chi connectivity index (χ1n) is 6.25. The van der Waals surface area contributed by atoms with Gasteiger partial charge in [0.25, 0.3) is 5.91 Å². The molecule has 0 unspecified atom stereocenters. The summed E-state index contributed by atoms with van der Waals surface area (Å²) in [5.74, 6) is 1.04. The fourth-order valence-electron chi connectivity index (χ4n) is 1.71. The number of aryl methyl sites for hydroxylation is 1. The highest BCUT2D eigenvalue weighted by Gasteiger charge is 2.10. The van der Waals surface area contributed by atoms with Crippen LogP contribution >= 0.6 is 0 Å². The van der Waals surface area contributed by atoms with Gasteiger partial charge in [-0.3, -0.25) is 4.79 Å². The molecule has 0 aliphatic heterocycles. The van der Waals surface area contributed by atoms with Gasteiger partial charge < -0.3 is 20.4 Å². The molecular formula is C13H17N5O2. The number of nitrogen functional groups attached to an aromatic ring is 1. The van der Waals surface area contributed by atoms with Crippen LogP contribution in [0.4, 0.5) is 5.69 Å². The predicted octanol–water partition coefficient (Wildman–Crippen LogP) is 0.726. The van der Waals surface area contributed by atoms with Crippen LogP contribution in [-0.2, 0) is 13.6 Å². The predicted molar refractivity (Wildman–Crippen MR) is 74.2 cm³/mol. The number of nitrogens with two attached hydrogens (primary N) is 1. The van der Waals surface area contributed by atoms with Crippen molar-refractivity contribution < 1.29 is 9.53 Å². The Morgan fingerprint density at radius 1 is 1.50 bits per heavy atom. The average molecular weight is 275 g/mol. The average Bonchev–Trinajstić information content (AvgIpc) is 2.84. The molecule has 1 aromatic heterocycles. The molecule has 0 aliphatic rings. The number of hydrogen-bond donors (Lipinski definition) is 2. The molecule has 0 radical (unpaired) electrons. The van der Waals surface area contributed by atoms with Crippen molar-refractivity contribution in [2.75, 3.05) is 12.3 Å². The summed E-state index contributed by atoms with van der Waals surface area (Å²) in [5, 5.41) is 10.4. The molecule has 1 heterocycles. The zero-order chi connectivity index (χ0) is 14.5. The van der Waals surface area contributed by atoms with Crippen LogP contribution in [0.3, 0.4) is 0 Å². The van der Waals surface area contributed by atoms with E-state index in [0.717, 1.165) is 0 Å². The van der Waals surface area contributed by atoms with E-state index in [1.165, 1.54) is 0 Å². The van der Waals surface area contributed by atoms with Gasteiger partial charge in [0.1, 0.15) is 12.1 Å². The minimum absolute atomic E-state index is 0.220. The van der Waals surface area contributed by atoms with Crippen molar-refractivity contribution in [2.24, 2.45) is 7.05 Å². The van der Waals surface area contributed by atoms with E-state index in [1.54, 1.807) is 29.1 Å². The molecular weight excluding hydrogens is 258 g/mol. The van der Waals surface area contributed by atoms with E-state index in [-0.39, 0.29) is 5.91 Å². The normalized spacial score (nSPS) is 10.3. The molecule has 0 saturated carbocycles. The van der Waals surface area contributed by atoms with Crippen molar-refractivity contribution >= 4 is 11.6 Å². The van der Waals surface area contributed by atoms with E-state index in [0.29, 0.717) is 36.0 Å². The van der Waals surface area contributed by atoms with Crippen LogP contribution in [0.2, 0.25) is 0 Å². The number of rotatable bonds is 5. The Kier molecular flexibility index (Phi) is 4.19. The number of hydrogen-bond acceptors (Lipinski definition) is 5. The summed E-state index contributed by atoms with van der Waals surface area (Å²) in [7, 11) is 1.82. The molecule has 2 aromatic rings. The van der Waals surface area contributed by atoms with Crippen molar-refractivity contribution in [3.63, 3.8) is 0 Å². The molecule has 1 amide bonds. The molecule has 7 heteroatoms. The fraction of sp³-hybridized carbons (Fsp3) is 0.308. The molecule has 20 heavy (non-hydrogen) atoms. The van der Waals surface area contributed by atoms with Gasteiger partial charge >= 0.3 is 0 Å². The molecule has 1 aromatic carbocycles. The van der Waals surface area contributed by atoms with Gasteiger partial charge in [0, 0.05) is 12.6 Å². The van der Waals surface area contributed by atoms with Crippen molar-refractivity contribution in [3.8, 4) is 5.75 Å². The summed E-state index contributed by atoms with van der Waals surface area (Å²) < 4.78 is 7.07. The molecule has 2 rings (SSSR count). The maximum Gasteiger partial charge on any atom is 0.251 e. The second kappa shape index (κ2) is 6.05. The van der Waals surface area contributed by atoms with Crippen molar-refractivity contribution in [2.45, 2.75) is 13.5 Å². The SMILES string of the molecule is CCOc1ccc(C(=O)NCc2nncn2C)cc1N. The van der Waals surface area contributed by atoms with Crippen molar-refractivity contribution in [1.29, 1.82) is 0 Å². The first-order valence-corrected chi connectivity index (χ1v) is 6.25. The van der Waals surface area contributed by atoms with E-state index in [1.807, 2.05) is 14.0 Å². The van der Waals surface area contributed by atoms with Gasteiger partial charge in [-0.1, -0.05) is 0 Å². The Hall–Kier alpha value is -2.57. The summed E-state index contributed by atoms with van der Waals surface area (Å²) in [6.45, 7) is 2.71. The van der Waals surface area contributed by atoms with Crippen LogP contribution in [0.5, 0.6) is 5.75 Å². The number of amides is 1. The quantitative estimate of drug-likeness (QED) is 0.784. The molecule has 3 N–H and O–H groups in total. The summed E-state index contributed by atoms with van der Waals surface area (Å²) >= 11 is 0. The topological polar surface area (TPSA) is 95.1 Å². The van der Waals surface area contributed by atoms with Gasteiger partial charge in [0.05, 0.1) is 18.8 Å². The third-order valence-electron chi connectivity index (χ3n) is 2.78. The Labute approximate surface area is 116 Å². The lowest BCUT2D eigenvalue weighted by molar-refractivity contribution is 0.0949. The lowest BCUT2D eigenvalue weighted by Crippen LogP contribution is -2.24. The van der Waals surface area contributed by atoms with Gasteiger partial charge in [-0.25, -0.2) is 0 Å². The highest BCUT2D eigenvalue weighted by molar-refractivity contribution is 5.95. The maximum absolute atomic E-state index is 12.0. The molecule has 0 fully saturated rings. The van der Waals surface area contributed by atoms with Crippen LogP contribution in [0.1, 0.15) is 23.1 Å². The molecule has 7 nitrogen and oxygen atoms in total. The van der Waals surface area contributed by atoms with Gasteiger partial charge in [0.2, 0.25) is 0 Å². The van der Waals surface area contributed by atoms with Crippen LogP contribution in [0.25, 0.3) is 0 Å². The Balaban J connectivity index is 2.02. The standard InChI is InChI=1S/C13H17N5O2/c1-3-20-11-5-4-9(6-10(11)14)13(19)15-7-12-17-16-8-18(12)2/h4-6,8H,3,7,14H2,1-2H3,(H,15,19). The summed E-state index contributed by atoms with van der Waals surface area (Å²) in [4.78, 5) is 12.0. The smallest absolute Gasteiger partial charge is 0.251 e. The number of nitrogens with one attached hydrogen (secondary N) is 1. The number of benzene rings is 1. The molecule has 0 atom stereocenters. The Bertz CT molecular complexity index is 609. The first kappa shape index (κ1) is 13.9. The zero-order valence-electron chi connectivity index (χ0n) is 11.5. The van der Waals surface area contributed by atoms with Gasteiger partial charge in [-0.15, -0.1) is 10.2 Å². The van der Waals surface area contributed by atoms with E-state index in [2.05, 4.69) is 15.5 Å². The van der Waals surface area contributed by atoms with Crippen LogP contribution in [0.15, 0.2) is 24.5 Å². The monoisotopic (exact) mass is 275 g/mol. The Morgan fingerprint density at radius 3 is 2.90 bits per heavy atom. The van der Waals surface area contributed by atoms with Crippen molar-refractivity contribution in [3.05, 3.63) is 35.9 Å². The lowest BCUT2D eigenvalue weighted by atomic mass is 10.1. The number of aromatic nitrogens is 3. The van der Waals surface area contributed by atoms with E-state index < -0.39 is 0 Å². The first-order chi connectivity index (χ1) is 9.61. The number of carbonyl (C=O) groups is 1. The summed E-state index contributed by atoms with van der Waals surface area (Å²) in [6, 6.07) is 4.96. The third kappa shape index (κ3) is 3.05. The number of carbonyl (C=O) groups excluding carboxylic acids is 1. The molecule has 0 saturated heterocycles. The zero-order valence-corrected chi connectivity index (χ0v) is 11.5. The van der Waals surface area contributed by atoms with Gasteiger partial charge in [-0.2, -0.15) is 0 Å². The highest BCUT2D eigenvalue weighted by Crippen LogP contribution is 2.22. The van der Waals surface area contributed by atoms with Gasteiger partial charge in [0.15, 0.2) is 5.82 Å². The third-order valence-corrected chi connectivity index (χ3v) is 2.78. The highest BCUT2D eigenvalue weighted by atomic mass is 16.5. The lowest BCUT2D eigenvalue weighted by Gasteiger charge is -2.09. The van der Waals surface area contributed by atoms with Gasteiger partial charge in [-0.05, 0) is 25.1 Å². The fourth-order valence-corrected chi connectivity index (χ4v) is 1.71. The number of anilines is 1. The molecule has 0 bridgehead atoms. The molecule has 0 aliphatic carbocycles. The van der Waals surface area contributed by atoms with Crippen molar-refractivity contribution in [1.82, 2.24) is 20.1 Å². The second-order valence-electron chi connectivity index (χ2n) is 4.23. The van der Waals surface area contributed by atoms with E-state index in [4.69, 9.17) is 10.5 Å². The van der Waals surface area contributed by atoms with Crippen LogP contribution < -0.4 is 15.8 Å². The van der Waals surface area contributed by atoms with E-state index in [9.17, 15) is 4.79 Å². The molecule has 0 spiro atoms. The minimum Gasteiger partial charge on any atom is -0.492 e. The largest absolute Gasteiger partial charge is 0.492 e. The van der Waals surface area contributed by atoms with Crippen LogP contribution in [-0.4, -0.2) is 27.3 Å². The minimum atomic E-state index is -0.220. The summed E-state index contributed by atoms with van der Waals surface area (Å²) in [6.07, 6.45) is 1.58. The number of nitrogens with zero attached hydrogens (tertiary/aromatic N) is 3. The van der Waals surface area contributed by atoms with Crippen LogP contribution in [0, 0.1) is 0 Å². The maximum atomic E-state index is 12.0. The number of ether oxygens (including phenoxy) is 1.